The molecule has 4 aliphatic rings. The van der Waals surface area contributed by atoms with Crippen molar-refractivity contribution >= 4 is 24.0 Å². The first-order valence-electron chi connectivity index (χ1n) is 11.2. The Morgan fingerprint density at radius 1 is 1.04 bits per heavy atom. The number of hydrogen-bond donors (Lipinski definition) is 1. The second-order valence-electron chi connectivity index (χ2n) is 10.4. The van der Waals surface area contributed by atoms with Crippen LogP contribution in [0.25, 0.3) is 0 Å². The van der Waals surface area contributed by atoms with Crippen LogP contribution in [0.3, 0.4) is 0 Å². The minimum atomic E-state index is -0.121. The average Bonchev–Trinajstić information content (AvgIpc) is 2.92. The van der Waals surface area contributed by atoms with Crippen molar-refractivity contribution in [2.75, 3.05) is 6.54 Å². The molecule has 4 fully saturated rings. The zero-order valence-corrected chi connectivity index (χ0v) is 18.0. The summed E-state index contributed by atoms with van der Waals surface area (Å²) in [6, 6.07) is 0. The van der Waals surface area contributed by atoms with E-state index in [4.69, 9.17) is 5.73 Å². The fourth-order valence-corrected chi connectivity index (χ4v) is 7.73. The van der Waals surface area contributed by atoms with Crippen molar-refractivity contribution in [3.05, 3.63) is 0 Å². The van der Waals surface area contributed by atoms with Gasteiger partial charge in [0, 0.05) is 24.2 Å². The summed E-state index contributed by atoms with van der Waals surface area (Å²) >= 11 is 0. The van der Waals surface area contributed by atoms with Crippen molar-refractivity contribution in [1.82, 2.24) is 0 Å². The molecule has 7 atom stereocenters. The monoisotopic (exact) mass is 395 g/mol. The van der Waals surface area contributed by atoms with Crippen molar-refractivity contribution in [3.8, 4) is 0 Å². The summed E-state index contributed by atoms with van der Waals surface area (Å²) in [6.45, 7) is 5.42. The molecular formula is C23H38ClNO2. The second kappa shape index (κ2) is 7.78. The molecule has 0 radical (unpaired) electrons. The van der Waals surface area contributed by atoms with E-state index in [2.05, 4.69) is 13.8 Å². The van der Waals surface area contributed by atoms with Crippen molar-refractivity contribution in [3.63, 3.8) is 0 Å². The van der Waals surface area contributed by atoms with Crippen LogP contribution in [0.15, 0.2) is 0 Å². The standard InChI is InChI=1S/C23H37NO2.ClH/c1-22-10-8-15(5-3-4-12-24)13-19(22)20(25)14-16-17-6-7-21(26)23(17,2)11-9-18(16)22;/h15-19H,3-14,24H2,1-2H3;1H/t15?,16-,17-,18-,19+,22+,23-;/m0./s1. The minimum Gasteiger partial charge on any atom is -0.330 e. The van der Waals surface area contributed by atoms with E-state index in [0.29, 0.717) is 29.3 Å². The SMILES string of the molecule is C[C@]12CCC(CCCCN)C[C@@H]1C(=O)C[C@@H]1[C@@H]2CC[C@]2(C)C(=O)CC[C@@H]12.Cl. The van der Waals surface area contributed by atoms with Crippen LogP contribution >= 0.6 is 12.4 Å². The van der Waals surface area contributed by atoms with Crippen molar-refractivity contribution < 1.29 is 9.59 Å². The maximum Gasteiger partial charge on any atom is 0.139 e. The summed E-state index contributed by atoms with van der Waals surface area (Å²) in [5.41, 5.74) is 5.72. The Morgan fingerprint density at radius 3 is 2.56 bits per heavy atom. The number of Topliss-reactive ketones (excluding diaryl/α,β-unsaturated/α-hetero) is 2. The molecule has 27 heavy (non-hydrogen) atoms. The Kier molecular flexibility index (Phi) is 6.14. The molecule has 0 bridgehead atoms. The number of fused-ring (bicyclic) bond motifs is 5. The first kappa shape index (κ1) is 21.3. The number of carbonyl (C=O) groups excluding carboxylic acids is 2. The van der Waals surface area contributed by atoms with E-state index >= 15 is 0 Å². The molecule has 4 saturated carbocycles. The maximum absolute atomic E-state index is 13.2. The third-order valence-electron chi connectivity index (χ3n) is 9.34. The van der Waals surface area contributed by atoms with Crippen LogP contribution in [0.4, 0.5) is 0 Å². The largest absolute Gasteiger partial charge is 0.330 e. The van der Waals surface area contributed by atoms with Gasteiger partial charge in [-0.15, -0.1) is 12.4 Å². The zero-order chi connectivity index (χ0) is 18.5. The maximum atomic E-state index is 13.2. The summed E-state index contributed by atoms with van der Waals surface area (Å²) in [5, 5.41) is 0. The van der Waals surface area contributed by atoms with Crippen LogP contribution in [-0.4, -0.2) is 18.1 Å². The number of halogens is 1. The molecule has 0 aromatic heterocycles. The first-order chi connectivity index (χ1) is 12.4. The van der Waals surface area contributed by atoms with Crippen molar-refractivity contribution in [2.45, 2.75) is 84.5 Å². The van der Waals surface area contributed by atoms with Crippen LogP contribution in [0.1, 0.15) is 84.5 Å². The molecular weight excluding hydrogens is 358 g/mol. The van der Waals surface area contributed by atoms with Gasteiger partial charge in [0.05, 0.1) is 0 Å². The van der Waals surface area contributed by atoms with E-state index in [-0.39, 0.29) is 29.2 Å². The molecule has 4 heteroatoms. The first-order valence-corrected chi connectivity index (χ1v) is 11.2. The molecule has 0 amide bonds. The van der Waals surface area contributed by atoms with Crippen molar-refractivity contribution in [2.24, 2.45) is 46.2 Å². The number of nitrogens with two attached hydrogens (primary N) is 1. The normalized spacial score (nSPS) is 46.3. The lowest BCUT2D eigenvalue weighted by molar-refractivity contribution is -0.158. The van der Waals surface area contributed by atoms with Gasteiger partial charge < -0.3 is 5.73 Å². The third kappa shape index (κ3) is 3.31. The van der Waals surface area contributed by atoms with Gasteiger partial charge in [-0.2, -0.15) is 0 Å². The number of hydrogen-bond acceptors (Lipinski definition) is 3. The highest BCUT2D eigenvalue weighted by Gasteiger charge is 2.62. The molecule has 3 nitrogen and oxygen atoms in total. The summed E-state index contributed by atoms with van der Waals surface area (Å²) in [6.07, 6.45) is 12.0. The summed E-state index contributed by atoms with van der Waals surface area (Å²) in [5.74, 6) is 3.62. The van der Waals surface area contributed by atoms with Gasteiger partial charge in [-0.25, -0.2) is 0 Å². The van der Waals surface area contributed by atoms with Gasteiger partial charge >= 0.3 is 0 Å². The molecule has 0 aliphatic heterocycles. The van der Waals surface area contributed by atoms with Crippen LogP contribution in [-0.2, 0) is 9.59 Å². The van der Waals surface area contributed by atoms with Gasteiger partial charge in [0.2, 0.25) is 0 Å². The van der Waals surface area contributed by atoms with Gasteiger partial charge in [-0.05, 0) is 80.6 Å². The molecule has 0 heterocycles. The number of carbonyl (C=O) groups is 2. The van der Waals surface area contributed by atoms with Gasteiger partial charge in [0.25, 0.3) is 0 Å². The van der Waals surface area contributed by atoms with E-state index in [1.54, 1.807) is 0 Å². The zero-order valence-electron chi connectivity index (χ0n) is 17.2. The van der Waals surface area contributed by atoms with Crippen LogP contribution in [0.5, 0.6) is 0 Å². The summed E-state index contributed by atoms with van der Waals surface area (Å²) in [4.78, 5) is 25.8. The fourth-order valence-electron chi connectivity index (χ4n) is 7.73. The lowest BCUT2D eigenvalue weighted by atomic mass is 9.44. The highest BCUT2D eigenvalue weighted by Crippen LogP contribution is 2.65. The van der Waals surface area contributed by atoms with Crippen molar-refractivity contribution in [1.29, 1.82) is 0 Å². The Hall–Kier alpha value is -0.410. The van der Waals surface area contributed by atoms with Crippen LogP contribution in [0, 0.1) is 40.4 Å². The molecule has 0 aromatic carbocycles. The fraction of sp³-hybridized carbons (Fsp3) is 0.913. The molecule has 154 valence electrons. The Bertz CT molecular complexity index is 593. The Morgan fingerprint density at radius 2 is 1.81 bits per heavy atom. The predicted octanol–water partition coefficient (Wildman–Crippen LogP) is 4.94. The van der Waals surface area contributed by atoms with E-state index < -0.39 is 0 Å². The van der Waals surface area contributed by atoms with E-state index in [0.717, 1.165) is 51.0 Å². The molecule has 0 saturated heterocycles. The van der Waals surface area contributed by atoms with Gasteiger partial charge in [-0.1, -0.05) is 26.7 Å². The quantitative estimate of drug-likeness (QED) is 0.685. The molecule has 0 aromatic rings. The van der Waals surface area contributed by atoms with Crippen LogP contribution < -0.4 is 5.73 Å². The predicted molar refractivity (Wildman–Crippen MR) is 111 cm³/mol. The average molecular weight is 396 g/mol. The van der Waals surface area contributed by atoms with E-state index in [1.165, 1.54) is 32.1 Å². The topological polar surface area (TPSA) is 60.2 Å². The molecule has 4 rings (SSSR count). The number of unbranched alkanes of at least 4 members (excludes halogenated alkanes) is 1. The molecule has 4 aliphatic carbocycles. The number of ketones is 2. The molecule has 1 unspecified atom stereocenters. The molecule has 2 N–H and O–H groups in total. The van der Waals surface area contributed by atoms with E-state index in [1.807, 2.05) is 0 Å². The van der Waals surface area contributed by atoms with Gasteiger partial charge in [0.1, 0.15) is 11.6 Å². The Balaban J connectivity index is 0.00000210. The van der Waals surface area contributed by atoms with Gasteiger partial charge in [-0.3, -0.25) is 9.59 Å². The van der Waals surface area contributed by atoms with E-state index in [9.17, 15) is 9.59 Å². The summed E-state index contributed by atoms with van der Waals surface area (Å²) < 4.78 is 0. The minimum absolute atomic E-state index is 0. The number of rotatable bonds is 4. The highest BCUT2D eigenvalue weighted by molar-refractivity contribution is 5.88. The highest BCUT2D eigenvalue weighted by atomic mass is 35.5. The smallest absolute Gasteiger partial charge is 0.139 e. The third-order valence-corrected chi connectivity index (χ3v) is 9.34. The molecule has 0 spiro atoms. The van der Waals surface area contributed by atoms with Crippen LogP contribution in [0.2, 0.25) is 0 Å². The second-order valence-corrected chi connectivity index (χ2v) is 10.4. The summed E-state index contributed by atoms with van der Waals surface area (Å²) in [7, 11) is 0. The Labute approximate surface area is 171 Å². The lowest BCUT2D eigenvalue weighted by Gasteiger charge is -2.59. The van der Waals surface area contributed by atoms with Gasteiger partial charge in [0.15, 0.2) is 0 Å². The lowest BCUT2D eigenvalue weighted by Crippen LogP contribution is -2.56.